The third-order valence-electron chi connectivity index (χ3n) is 5.03. The lowest BCUT2D eigenvalue weighted by Crippen LogP contribution is -2.39. The number of carbonyl (C=O) groups is 2. The van der Waals surface area contributed by atoms with E-state index in [9.17, 15) is 14.0 Å². The lowest BCUT2D eigenvalue weighted by atomic mass is 10.1. The van der Waals surface area contributed by atoms with E-state index in [1.54, 1.807) is 23.1 Å². The molecule has 3 rings (SSSR count). The van der Waals surface area contributed by atoms with Gasteiger partial charge in [-0.2, -0.15) is 5.26 Å². The Morgan fingerprint density at radius 3 is 2.55 bits per heavy atom. The Labute approximate surface area is 200 Å². The van der Waals surface area contributed by atoms with Gasteiger partial charge in [0.05, 0.1) is 16.8 Å². The molecule has 0 bridgehead atoms. The Kier molecular flexibility index (Phi) is 7.22. The maximum Gasteiger partial charge on any atom is 0.410 e. The van der Waals surface area contributed by atoms with E-state index in [4.69, 9.17) is 15.7 Å². The van der Waals surface area contributed by atoms with Gasteiger partial charge >= 0.3 is 6.09 Å². The molecule has 0 saturated carbocycles. The molecule has 1 aromatic heterocycles. The third-order valence-corrected chi connectivity index (χ3v) is 5.64. The molecule has 8 nitrogen and oxygen atoms in total. The highest BCUT2D eigenvalue weighted by molar-refractivity contribution is 9.10. The van der Waals surface area contributed by atoms with Gasteiger partial charge in [0.1, 0.15) is 23.3 Å². The molecule has 2 N–H and O–H groups in total. The molecule has 1 fully saturated rings. The standard InChI is InChI=1S/C23H25BrFN5O3/c1-23(2,3)33-22(32)30-8-4-7-29(9-10-30)21-16(20(27)31)12-17(24)19(28-21)14-5-6-15(13-26)18(25)11-14/h5-6,11-12H,4,7-10H2,1-3H3,(H2,27,31). The topological polar surface area (TPSA) is 113 Å². The van der Waals surface area contributed by atoms with Crippen LogP contribution in [0.1, 0.15) is 43.1 Å². The maximum absolute atomic E-state index is 14.2. The van der Waals surface area contributed by atoms with Crippen LogP contribution in [0.15, 0.2) is 28.7 Å². The van der Waals surface area contributed by atoms with Crippen molar-refractivity contribution >= 4 is 33.7 Å². The number of nitrogens with two attached hydrogens (primary N) is 1. The van der Waals surface area contributed by atoms with E-state index < -0.39 is 23.4 Å². The van der Waals surface area contributed by atoms with Gasteiger partial charge in [0.2, 0.25) is 0 Å². The van der Waals surface area contributed by atoms with Gasteiger partial charge in [-0.1, -0.05) is 6.07 Å². The summed E-state index contributed by atoms with van der Waals surface area (Å²) in [4.78, 5) is 32.8. The molecular weight excluding hydrogens is 493 g/mol. The molecule has 2 amide bonds. The van der Waals surface area contributed by atoms with Crippen LogP contribution in [0.25, 0.3) is 11.3 Å². The minimum atomic E-state index is -0.660. The SMILES string of the molecule is CC(C)(C)OC(=O)N1CCCN(c2nc(-c3ccc(C#N)c(F)c3)c(Br)cc2C(N)=O)CC1. The molecule has 10 heteroatoms. The Balaban J connectivity index is 1.94. The van der Waals surface area contributed by atoms with E-state index in [1.165, 1.54) is 12.1 Å². The van der Waals surface area contributed by atoms with Gasteiger partial charge in [0.15, 0.2) is 0 Å². The minimum absolute atomic E-state index is 0.0707. The molecule has 0 spiro atoms. The predicted molar refractivity (Wildman–Crippen MR) is 125 cm³/mol. The Morgan fingerprint density at radius 1 is 1.21 bits per heavy atom. The molecule has 0 radical (unpaired) electrons. The normalized spacial score (nSPS) is 14.4. The molecule has 2 aromatic rings. The summed E-state index contributed by atoms with van der Waals surface area (Å²) in [5.41, 5.74) is 6.02. The number of benzene rings is 1. The van der Waals surface area contributed by atoms with Gasteiger partial charge in [-0.15, -0.1) is 0 Å². The van der Waals surface area contributed by atoms with Crippen molar-refractivity contribution in [2.45, 2.75) is 32.8 Å². The second-order valence-corrected chi connectivity index (χ2v) is 9.52. The second-order valence-electron chi connectivity index (χ2n) is 8.67. The number of anilines is 1. The van der Waals surface area contributed by atoms with Crippen LogP contribution in [-0.2, 0) is 4.74 Å². The van der Waals surface area contributed by atoms with Crippen LogP contribution in [-0.4, -0.2) is 53.7 Å². The molecule has 2 heterocycles. The zero-order valence-electron chi connectivity index (χ0n) is 18.7. The largest absolute Gasteiger partial charge is 0.444 e. The second kappa shape index (κ2) is 9.75. The Hall–Kier alpha value is -3.19. The van der Waals surface area contributed by atoms with Crippen molar-refractivity contribution in [3.8, 4) is 17.3 Å². The van der Waals surface area contributed by atoms with E-state index >= 15 is 0 Å². The molecule has 0 aliphatic carbocycles. The first-order valence-corrected chi connectivity index (χ1v) is 11.2. The number of aromatic nitrogens is 1. The summed E-state index contributed by atoms with van der Waals surface area (Å²) < 4.78 is 20.2. The molecule has 0 atom stereocenters. The van der Waals surface area contributed by atoms with Crippen LogP contribution < -0.4 is 10.6 Å². The van der Waals surface area contributed by atoms with Gasteiger partial charge in [0.25, 0.3) is 5.91 Å². The van der Waals surface area contributed by atoms with Gasteiger partial charge in [-0.05, 0) is 61.3 Å². The van der Waals surface area contributed by atoms with E-state index in [0.717, 1.165) is 0 Å². The van der Waals surface area contributed by atoms with Gasteiger partial charge in [0, 0.05) is 36.2 Å². The molecule has 0 unspecified atom stereocenters. The fourth-order valence-corrected chi connectivity index (χ4v) is 4.04. The zero-order valence-corrected chi connectivity index (χ0v) is 20.3. The first-order chi connectivity index (χ1) is 15.5. The average molecular weight is 518 g/mol. The third kappa shape index (κ3) is 5.79. The highest BCUT2D eigenvalue weighted by atomic mass is 79.9. The fourth-order valence-electron chi connectivity index (χ4n) is 3.50. The number of ether oxygens (including phenoxy) is 1. The lowest BCUT2D eigenvalue weighted by Gasteiger charge is -2.27. The van der Waals surface area contributed by atoms with Crippen molar-refractivity contribution in [1.82, 2.24) is 9.88 Å². The fraction of sp³-hybridized carbons (Fsp3) is 0.391. The highest BCUT2D eigenvalue weighted by Gasteiger charge is 2.27. The molecule has 1 aliphatic rings. The monoisotopic (exact) mass is 517 g/mol. The lowest BCUT2D eigenvalue weighted by molar-refractivity contribution is 0.0263. The van der Waals surface area contributed by atoms with Crippen molar-refractivity contribution in [3.63, 3.8) is 0 Å². The summed E-state index contributed by atoms with van der Waals surface area (Å²) in [5.74, 6) is -0.951. The number of rotatable bonds is 3. The number of hydrogen-bond donors (Lipinski definition) is 1. The van der Waals surface area contributed by atoms with Crippen LogP contribution in [0.4, 0.5) is 15.0 Å². The number of halogens is 2. The van der Waals surface area contributed by atoms with Crippen molar-refractivity contribution in [2.75, 3.05) is 31.1 Å². The summed E-state index contributed by atoms with van der Waals surface area (Å²) in [7, 11) is 0. The molecular formula is C23H25BrFN5O3. The number of pyridine rings is 1. The smallest absolute Gasteiger partial charge is 0.410 e. The van der Waals surface area contributed by atoms with Crippen molar-refractivity contribution in [1.29, 1.82) is 5.26 Å². The molecule has 1 saturated heterocycles. The summed E-state index contributed by atoms with van der Waals surface area (Å²) in [6.07, 6.45) is 0.243. The highest BCUT2D eigenvalue weighted by Crippen LogP contribution is 2.33. The molecule has 1 aliphatic heterocycles. The molecule has 1 aromatic carbocycles. The van der Waals surface area contributed by atoms with Crippen LogP contribution >= 0.6 is 15.9 Å². The summed E-state index contributed by atoms with van der Waals surface area (Å²) in [6, 6.07) is 7.55. The Morgan fingerprint density at radius 2 is 1.94 bits per heavy atom. The predicted octanol–water partition coefficient (Wildman–Crippen LogP) is 4.07. The van der Waals surface area contributed by atoms with E-state index in [2.05, 4.69) is 20.9 Å². The summed E-state index contributed by atoms with van der Waals surface area (Å²) in [5, 5.41) is 8.99. The van der Waals surface area contributed by atoms with Crippen LogP contribution in [0.5, 0.6) is 0 Å². The van der Waals surface area contributed by atoms with Crippen LogP contribution in [0, 0.1) is 17.1 Å². The number of hydrogen-bond acceptors (Lipinski definition) is 6. The van der Waals surface area contributed by atoms with Crippen molar-refractivity contribution in [2.24, 2.45) is 5.73 Å². The number of nitrogens with zero attached hydrogens (tertiary/aromatic N) is 4. The Bertz CT molecular complexity index is 1130. The summed E-state index contributed by atoms with van der Waals surface area (Å²) >= 11 is 3.40. The minimum Gasteiger partial charge on any atom is -0.444 e. The number of primary amides is 1. The first kappa shape index (κ1) is 24.5. The maximum atomic E-state index is 14.2. The van der Waals surface area contributed by atoms with Crippen LogP contribution in [0.2, 0.25) is 0 Å². The van der Waals surface area contributed by atoms with Crippen molar-refractivity contribution < 1.29 is 18.7 Å². The quantitative estimate of drug-likeness (QED) is 0.656. The summed E-state index contributed by atoms with van der Waals surface area (Å²) in [6.45, 7) is 7.27. The molecule has 33 heavy (non-hydrogen) atoms. The van der Waals surface area contributed by atoms with Gasteiger partial charge < -0.3 is 20.3 Å². The first-order valence-electron chi connectivity index (χ1n) is 10.4. The van der Waals surface area contributed by atoms with E-state index in [1.807, 2.05) is 25.7 Å². The zero-order chi connectivity index (χ0) is 24.3. The van der Waals surface area contributed by atoms with E-state index in [-0.39, 0.29) is 11.1 Å². The van der Waals surface area contributed by atoms with Gasteiger partial charge in [-0.3, -0.25) is 4.79 Å². The van der Waals surface area contributed by atoms with Crippen LogP contribution in [0.3, 0.4) is 0 Å². The van der Waals surface area contributed by atoms with E-state index in [0.29, 0.717) is 54.1 Å². The molecule has 174 valence electrons. The van der Waals surface area contributed by atoms with Gasteiger partial charge in [-0.25, -0.2) is 14.2 Å². The average Bonchev–Trinajstić information content (AvgIpc) is 2.98. The number of amides is 2. The number of nitriles is 1. The number of carbonyl (C=O) groups excluding carboxylic acids is 2. The van der Waals surface area contributed by atoms with Crippen molar-refractivity contribution in [3.05, 3.63) is 45.7 Å².